The van der Waals surface area contributed by atoms with Crippen molar-refractivity contribution in [2.24, 2.45) is 35.0 Å². The van der Waals surface area contributed by atoms with Crippen molar-refractivity contribution in [1.82, 2.24) is 42.5 Å². The topological polar surface area (TPSA) is 385 Å². The molecule has 23 heteroatoms. The summed E-state index contributed by atoms with van der Waals surface area (Å²) >= 11 is 0. The van der Waals surface area contributed by atoms with E-state index in [2.05, 4.69) is 42.5 Å². The van der Waals surface area contributed by atoms with Crippen LogP contribution in [0.2, 0.25) is 0 Å². The standard InChI is InChI=1S/C52H81N11O12/c1-9-30(6)43(51(74)57-36(45(55)68)22-23-41(54)67)62-49(72)40(26-33-15-11-10-12-16-33)60-50(73)42(29(4)5)61-47(70)38(25-28(2)3)59-46(69)37(17-13-14-24-53)58-52(75)44(31(7)64)63-48(71)39(56-32(8)65)27-34-18-20-35(66)21-19-34/h10-12,15-16,18-21,28-31,36-40,42-44,64,66H,9,13-14,17,22-27,53H2,1-8H3,(H2,54,67)(H2,55,68)(H,56,65)(H,57,74)(H,58,75)(H,59,69)(H,60,73)(H,61,70)(H,62,72)(H,63,71)/t30-,31+,36-,37-,38-,39-,40-,42-,43-,44-/m0/s1. The number of amides is 10. The Bertz CT molecular complexity index is 2230. The van der Waals surface area contributed by atoms with Crippen molar-refractivity contribution in [2.75, 3.05) is 6.54 Å². The quantitative estimate of drug-likeness (QED) is 0.0386. The molecule has 0 unspecified atom stereocenters. The van der Waals surface area contributed by atoms with Gasteiger partial charge in [-0.2, -0.15) is 0 Å². The number of unbranched alkanes of at least 4 members (excludes halogenated alkanes) is 1. The lowest BCUT2D eigenvalue weighted by Gasteiger charge is -2.30. The van der Waals surface area contributed by atoms with Crippen molar-refractivity contribution in [3.05, 3.63) is 65.7 Å². The van der Waals surface area contributed by atoms with E-state index in [1.54, 1.807) is 84.0 Å². The predicted molar refractivity (Wildman–Crippen MR) is 279 cm³/mol. The van der Waals surface area contributed by atoms with Crippen LogP contribution < -0.4 is 59.7 Å². The highest BCUT2D eigenvalue weighted by Gasteiger charge is 2.37. The molecule has 16 N–H and O–H groups in total. The molecule has 0 aliphatic rings. The van der Waals surface area contributed by atoms with Crippen LogP contribution in [0.15, 0.2) is 54.6 Å². The third-order valence-electron chi connectivity index (χ3n) is 12.3. The molecule has 0 spiro atoms. The Morgan fingerprint density at radius 1 is 0.533 bits per heavy atom. The Kier molecular flexibility index (Phi) is 27.5. The van der Waals surface area contributed by atoms with Crippen LogP contribution in [0.4, 0.5) is 0 Å². The summed E-state index contributed by atoms with van der Waals surface area (Å²) in [6, 6.07) is 4.15. The number of phenolic OH excluding ortho intramolecular Hbond substituents is 1. The Hall–Kier alpha value is -7.14. The van der Waals surface area contributed by atoms with Gasteiger partial charge < -0.3 is 69.9 Å². The molecule has 0 aromatic heterocycles. The van der Waals surface area contributed by atoms with Crippen molar-refractivity contribution in [3.8, 4) is 5.75 Å². The maximum Gasteiger partial charge on any atom is 0.245 e. The highest BCUT2D eigenvalue weighted by molar-refractivity contribution is 5.98. The first-order chi connectivity index (χ1) is 35.3. The highest BCUT2D eigenvalue weighted by atomic mass is 16.3. The van der Waals surface area contributed by atoms with E-state index in [9.17, 15) is 58.2 Å². The summed E-state index contributed by atoms with van der Waals surface area (Å²) in [5, 5.41) is 41.5. The van der Waals surface area contributed by atoms with Gasteiger partial charge in [-0.15, -0.1) is 0 Å². The molecule has 0 radical (unpaired) electrons. The highest BCUT2D eigenvalue weighted by Crippen LogP contribution is 2.15. The number of hydrogen-bond donors (Lipinski definition) is 13. The first-order valence-electron chi connectivity index (χ1n) is 25.4. The Morgan fingerprint density at radius 2 is 1.00 bits per heavy atom. The molecule has 75 heavy (non-hydrogen) atoms. The van der Waals surface area contributed by atoms with Crippen molar-refractivity contribution in [3.63, 3.8) is 0 Å². The van der Waals surface area contributed by atoms with E-state index in [1.165, 1.54) is 26.0 Å². The van der Waals surface area contributed by atoms with Gasteiger partial charge in [0.05, 0.1) is 6.10 Å². The number of carbonyl (C=O) groups excluding carboxylic acids is 10. The van der Waals surface area contributed by atoms with Gasteiger partial charge in [-0.3, -0.25) is 47.9 Å². The molecule has 2 aromatic rings. The predicted octanol–water partition coefficient (Wildman–Crippen LogP) is -0.916. The molecule has 0 saturated heterocycles. The summed E-state index contributed by atoms with van der Waals surface area (Å²) in [5.41, 5.74) is 17.7. The van der Waals surface area contributed by atoms with Crippen molar-refractivity contribution >= 4 is 59.1 Å². The summed E-state index contributed by atoms with van der Waals surface area (Å²) in [6.07, 6.45) is -0.676. The number of aliphatic hydroxyl groups excluding tert-OH is 1. The molecule has 10 atom stereocenters. The van der Waals surface area contributed by atoms with Crippen LogP contribution in [0, 0.1) is 17.8 Å². The summed E-state index contributed by atoms with van der Waals surface area (Å²) in [4.78, 5) is 134. The maximum absolute atomic E-state index is 14.3. The maximum atomic E-state index is 14.3. The summed E-state index contributed by atoms with van der Waals surface area (Å²) < 4.78 is 0. The van der Waals surface area contributed by atoms with E-state index in [0.717, 1.165) is 0 Å². The number of nitrogens with two attached hydrogens (primary N) is 3. The minimum Gasteiger partial charge on any atom is -0.508 e. The van der Waals surface area contributed by atoms with Crippen LogP contribution in [-0.4, -0.2) is 130 Å². The molecule has 0 bridgehead atoms. The number of phenols is 1. The monoisotopic (exact) mass is 1050 g/mol. The summed E-state index contributed by atoms with van der Waals surface area (Å²) in [6.45, 7) is 13.1. The van der Waals surface area contributed by atoms with E-state index >= 15 is 0 Å². The fourth-order valence-corrected chi connectivity index (χ4v) is 7.88. The summed E-state index contributed by atoms with van der Waals surface area (Å²) in [5.74, 6) is -9.07. The van der Waals surface area contributed by atoms with E-state index in [-0.39, 0.29) is 56.7 Å². The van der Waals surface area contributed by atoms with Gasteiger partial charge in [0.25, 0.3) is 0 Å². The Morgan fingerprint density at radius 3 is 1.51 bits per heavy atom. The fraction of sp³-hybridized carbons (Fsp3) is 0.577. The molecular weight excluding hydrogens is 971 g/mol. The molecule has 0 aliphatic heterocycles. The molecule has 0 heterocycles. The zero-order valence-electron chi connectivity index (χ0n) is 44.4. The lowest BCUT2D eigenvalue weighted by atomic mass is 9.96. The van der Waals surface area contributed by atoms with Crippen molar-refractivity contribution < 1.29 is 58.2 Å². The lowest BCUT2D eigenvalue weighted by Crippen LogP contribution is -2.62. The fourth-order valence-electron chi connectivity index (χ4n) is 7.88. The third kappa shape index (κ3) is 22.9. The summed E-state index contributed by atoms with van der Waals surface area (Å²) in [7, 11) is 0. The minimum absolute atomic E-state index is 0.0143. The van der Waals surface area contributed by atoms with Crippen LogP contribution in [0.25, 0.3) is 0 Å². The number of aromatic hydroxyl groups is 1. The zero-order chi connectivity index (χ0) is 56.5. The van der Waals surface area contributed by atoms with Crippen LogP contribution in [-0.2, 0) is 60.8 Å². The van der Waals surface area contributed by atoms with Crippen LogP contribution in [0.3, 0.4) is 0 Å². The number of benzene rings is 2. The number of rotatable bonds is 33. The molecule has 23 nitrogen and oxygen atoms in total. The average molecular weight is 1050 g/mol. The molecule has 0 aliphatic carbocycles. The number of hydrogen-bond acceptors (Lipinski definition) is 13. The van der Waals surface area contributed by atoms with Gasteiger partial charge >= 0.3 is 0 Å². The van der Waals surface area contributed by atoms with Crippen LogP contribution in [0.5, 0.6) is 5.75 Å². The first kappa shape index (κ1) is 64.0. The van der Waals surface area contributed by atoms with Gasteiger partial charge in [-0.05, 0) is 86.6 Å². The van der Waals surface area contributed by atoms with Gasteiger partial charge in [-0.1, -0.05) is 90.4 Å². The largest absolute Gasteiger partial charge is 0.508 e. The lowest BCUT2D eigenvalue weighted by molar-refractivity contribution is -0.137. The molecule has 416 valence electrons. The smallest absolute Gasteiger partial charge is 0.245 e. The number of primary amides is 2. The van der Waals surface area contributed by atoms with Crippen LogP contribution in [0.1, 0.15) is 111 Å². The molecule has 2 aromatic carbocycles. The van der Waals surface area contributed by atoms with Gasteiger partial charge in [0.15, 0.2) is 0 Å². The van der Waals surface area contributed by atoms with Crippen LogP contribution >= 0.6 is 0 Å². The van der Waals surface area contributed by atoms with E-state index in [0.29, 0.717) is 30.4 Å². The molecule has 0 saturated carbocycles. The number of carbonyl (C=O) groups is 10. The van der Waals surface area contributed by atoms with Crippen molar-refractivity contribution in [2.45, 2.75) is 168 Å². The van der Waals surface area contributed by atoms with Gasteiger partial charge in [0.2, 0.25) is 59.1 Å². The van der Waals surface area contributed by atoms with Gasteiger partial charge in [0, 0.05) is 26.2 Å². The number of aliphatic hydroxyl groups is 1. The zero-order valence-corrected chi connectivity index (χ0v) is 44.4. The third-order valence-corrected chi connectivity index (χ3v) is 12.3. The SMILES string of the molecule is CC[C@H](C)[C@H](NC(=O)[C@H](Cc1ccccc1)NC(=O)[C@@H](NC(=O)[C@H](CC(C)C)NC(=O)[C@H](CCCCN)NC(=O)[C@@H](NC(=O)[C@H](Cc1ccc(O)cc1)NC(C)=O)[C@@H](C)O)C(C)C)C(=O)N[C@@H](CCC(N)=O)C(N)=O. The first-order valence-corrected chi connectivity index (χ1v) is 25.4. The number of nitrogens with one attached hydrogen (secondary N) is 8. The van der Waals surface area contributed by atoms with E-state index < -0.39 is 125 Å². The van der Waals surface area contributed by atoms with Crippen molar-refractivity contribution in [1.29, 1.82) is 0 Å². The second-order valence-corrected chi connectivity index (χ2v) is 19.7. The molecule has 10 amide bonds. The van der Waals surface area contributed by atoms with Gasteiger partial charge in [0.1, 0.15) is 54.1 Å². The average Bonchev–Trinajstić information content (AvgIpc) is 3.34. The van der Waals surface area contributed by atoms with E-state index in [1.807, 2.05) is 0 Å². The van der Waals surface area contributed by atoms with E-state index in [4.69, 9.17) is 17.2 Å². The molecular formula is C52H81N11O12. The van der Waals surface area contributed by atoms with Gasteiger partial charge in [-0.25, -0.2) is 0 Å². The molecule has 2 rings (SSSR count). The Labute approximate surface area is 439 Å². The Balaban J connectivity index is 2.41. The normalized spacial score (nSPS) is 15.2. The minimum atomic E-state index is -1.61. The molecule has 0 fully saturated rings. The second-order valence-electron chi connectivity index (χ2n) is 19.7. The second kappa shape index (κ2) is 32.2.